The summed E-state index contributed by atoms with van der Waals surface area (Å²) in [6.07, 6.45) is 4.54. The van der Waals surface area contributed by atoms with Gasteiger partial charge in [-0.15, -0.1) is 0 Å². The molecule has 1 aliphatic rings. The van der Waals surface area contributed by atoms with E-state index in [1.54, 1.807) is 18.3 Å². The molecule has 2 aromatic carbocycles. The van der Waals surface area contributed by atoms with Crippen molar-refractivity contribution < 1.29 is 28.9 Å². The Kier molecular flexibility index (Phi) is 9.38. The van der Waals surface area contributed by atoms with Crippen molar-refractivity contribution in [2.45, 2.75) is 6.54 Å². The van der Waals surface area contributed by atoms with E-state index in [-0.39, 0.29) is 26.9 Å². The summed E-state index contributed by atoms with van der Waals surface area (Å²) in [4.78, 5) is 39.7. The number of carbonyl (C=O) groups is 2. The van der Waals surface area contributed by atoms with Gasteiger partial charge in [-0.05, 0) is 6.07 Å². The average Bonchev–Trinajstić information content (AvgIpc) is 3.43. The third-order valence-electron chi connectivity index (χ3n) is 6.06. The van der Waals surface area contributed by atoms with Crippen molar-refractivity contribution in [2.24, 2.45) is 5.73 Å². The van der Waals surface area contributed by atoms with Gasteiger partial charge < -0.3 is 30.0 Å². The normalized spacial score (nSPS) is 13.4. The van der Waals surface area contributed by atoms with E-state index in [2.05, 4.69) is 24.8 Å². The number of carboxylic acids is 1. The van der Waals surface area contributed by atoms with Gasteiger partial charge in [-0.25, -0.2) is 9.78 Å². The second kappa shape index (κ2) is 12.9. The number of nitrogens with zero attached hydrogens (tertiary/aromatic N) is 4. The molecule has 0 radical (unpaired) electrons. The number of morpholine rings is 1. The molecule has 1 saturated heterocycles. The van der Waals surface area contributed by atoms with Crippen molar-refractivity contribution in [1.29, 1.82) is 0 Å². The molecule has 0 aliphatic carbocycles. The molecular formula is C26H26Cl2N6O6. The first-order valence-corrected chi connectivity index (χ1v) is 12.7. The molecule has 2 aromatic heterocycles. The van der Waals surface area contributed by atoms with Crippen LogP contribution in [0.2, 0.25) is 10.0 Å². The average molecular weight is 589 g/mol. The molecule has 1 fully saturated rings. The molecular weight excluding hydrogens is 563 g/mol. The van der Waals surface area contributed by atoms with E-state index >= 15 is 0 Å². The maximum atomic E-state index is 11.4. The van der Waals surface area contributed by atoms with Crippen LogP contribution >= 0.6 is 23.2 Å². The minimum absolute atomic E-state index is 0.0361. The lowest BCUT2D eigenvalue weighted by Gasteiger charge is -2.25. The number of nitrogens with two attached hydrogens (primary N) is 1. The molecule has 4 aromatic rings. The monoisotopic (exact) mass is 588 g/mol. The predicted octanol–water partition coefficient (Wildman–Crippen LogP) is 3.66. The maximum Gasteiger partial charge on any atom is 0.337 e. The molecule has 0 unspecified atom stereocenters. The summed E-state index contributed by atoms with van der Waals surface area (Å²) in [5, 5.41) is 9.89. The Morgan fingerprint density at radius 3 is 2.23 bits per heavy atom. The summed E-state index contributed by atoms with van der Waals surface area (Å²) >= 11 is 12.9. The molecule has 1 aliphatic heterocycles. The van der Waals surface area contributed by atoms with E-state index in [1.807, 2.05) is 0 Å². The third-order valence-corrected chi connectivity index (χ3v) is 6.81. The fraction of sp³-hybridized carbons (Fsp3) is 0.269. The van der Waals surface area contributed by atoms with Crippen LogP contribution in [0.3, 0.4) is 0 Å². The second-order valence-corrected chi connectivity index (χ2v) is 9.27. The number of benzene rings is 2. The minimum atomic E-state index is -1.10. The summed E-state index contributed by atoms with van der Waals surface area (Å²) in [6, 6.07) is 4.60. The summed E-state index contributed by atoms with van der Waals surface area (Å²) < 4.78 is 15.8. The SMILES string of the molecule is COc1cc(OC)c(Cl)c(-c2ccc(C(=O)O)c3nccnc23)c1Cl.NC(=O)c1ncc(CN2CCOCC2)[nH]1. The Morgan fingerprint density at radius 2 is 1.68 bits per heavy atom. The number of aromatic amines is 1. The molecule has 0 spiro atoms. The molecule has 0 saturated carbocycles. The van der Waals surface area contributed by atoms with Crippen LogP contribution in [0.15, 0.2) is 36.8 Å². The number of aromatic nitrogens is 4. The molecule has 3 heterocycles. The van der Waals surface area contributed by atoms with Crippen LogP contribution in [-0.4, -0.2) is 82.3 Å². The van der Waals surface area contributed by atoms with Crippen molar-refractivity contribution in [2.75, 3.05) is 40.5 Å². The van der Waals surface area contributed by atoms with Gasteiger partial charge in [-0.3, -0.25) is 19.7 Å². The van der Waals surface area contributed by atoms with Gasteiger partial charge in [0.25, 0.3) is 5.91 Å². The Labute approximate surface area is 239 Å². The predicted molar refractivity (Wildman–Crippen MR) is 148 cm³/mol. The lowest BCUT2D eigenvalue weighted by Crippen LogP contribution is -2.35. The minimum Gasteiger partial charge on any atom is -0.495 e. The second-order valence-electron chi connectivity index (χ2n) is 8.51. The molecule has 5 rings (SSSR count). The zero-order valence-corrected chi connectivity index (χ0v) is 23.1. The molecule has 4 N–H and O–H groups in total. The number of aromatic carboxylic acids is 1. The number of hydrogen-bond donors (Lipinski definition) is 3. The standard InChI is InChI=1S/C17H12Cl2N2O4.C9H14N4O2/c1-24-10-7-11(25-2)14(19)12(13(10)18)8-3-4-9(17(22)23)16-15(8)20-5-6-21-16;10-8(14)9-11-5-7(12-9)6-13-1-3-15-4-2-13/h3-7H,1-2H3,(H,22,23);5H,1-4,6H2,(H2,10,14)(H,11,12). The molecule has 0 atom stereocenters. The van der Waals surface area contributed by atoms with Crippen molar-refractivity contribution >= 4 is 46.1 Å². The highest BCUT2D eigenvalue weighted by Crippen LogP contribution is 2.47. The smallest absolute Gasteiger partial charge is 0.337 e. The Balaban J connectivity index is 0.000000210. The summed E-state index contributed by atoms with van der Waals surface area (Å²) in [7, 11) is 2.95. The van der Waals surface area contributed by atoms with Crippen LogP contribution in [0, 0.1) is 0 Å². The van der Waals surface area contributed by atoms with Gasteiger partial charge in [-0.2, -0.15) is 0 Å². The zero-order valence-electron chi connectivity index (χ0n) is 21.6. The fourth-order valence-corrected chi connectivity index (χ4v) is 4.82. The Hall–Kier alpha value is -3.97. The number of ether oxygens (including phenoxy) is 3. The molecule has 1 amide bonds. The Morgan fingerprint density at radius 1 is 1.05 bits per heavy atom. The highest BCUT2D eigenvalue weighted by atomic mass is 35.5. The zero-order chi connectivity index (χ0) is 28.8. The molecule has 0 bridgehead atoms. The number of primary amides is 1. The van der Waals surface area contributed by atoms with Gasteiger partial charge in [-0.1, -0.05) is 29.3 Å². The largest absolute Gasteiger partial charge is 0.495 e. The van der Waals surface area contributed by atoms with Crippen molar-refractivity contribution in [3.05, 3.63) is 63.9 Å². The van der Waals surface area contributed by atoms with Gasteiger partial charge in [0.05, 0.1) is 54.8 Å². The first kappa shape index (κ1) is 29.0. The highest BCUT2D eigenvalue weighted by molar-refractivity contribution is 6.41. The summed E-state index contributed by atoms with van der Waals surface area (Å²) in [5.41, 5.74) is 7.60. The maximum absolute atomic E-state index is 11.4. The number of hydrogen-bond acceptors (Lipinski definition) is 9. The van der Waals surface area contributed by atoms with Crippen LogP contribution in [-0.2, 0) is 11.3 Å². The number of carbonyl (C=O) groups excluding carboxylic acids is 1. The number of rotatable bonds is 7. The summed E-state index contributed by atoms with van der Waals surface area (Å²) in [5.74, 6) is -0.659. The van der Waals surface area contributed by atoms with E-state index in [9.17, 15) is 14.7 Å². The molecule has 12 nitrogen and oxygen atoms in total. The van der Waals surface area contributed by atoms with E-state index in [0.717, 1.165) is 38.5 Å². The van der Waals surface area contributed by atoms with Crippen LogP contribution in [0.4, 0.5) is 0 Å². The van der Waals surface area contributed by atoms with Crippen LogP contribution in [0.5, 0.6) is 11.5 Å². The number of fused-ring (bicyclic) bond motifs is 1. The van der Waals surface area contributed by atoms with E-state index in [1.165, 1.54) is 32.7 Å². The number of nitrogens with one attached hydrogen (secondary N) is 1. The van der Waals surface area contributed by atoms with Crippen LogP contribution in [0.25, 0.3) is 22.2 Å². The fourth-order valence-electron chi connectivity index (χ4n) is 4.12. The third kappa shape index (κ3) is 6.26. The van der Waals surface area contributed by atoms with Crippen molar-refractivity contribution in [3.63, 3.8) is 0 Å². The first-order chi connectivity index (χ1) is 19.2. The summed E-state index contributed by atoms with van der Waals surface area (Å²) in [6.45, 7) is 4.09. The number of carboxylic acid groups (broad SMARTS) is 1. The van der Waals surface area contributed by atoms with Crippen LogP contribution < -0.4 is 15.2 Å². The number of halogens is 2. The van der Waals surface area contributed by atoms with E-state index in [4.69, 9.17) is 43.1 Å². The van der Waals surface area contributed by atoms with Gasteiger partial charge in [0.1, 0.15) is 17.0 Å². The lowest BCUT2D eigenvalue weighted by atomic mass is 10.00. The van der Waals surface area contributed by atoms with Crippen molar-refractivity contribution in [1.82, 2.24) is 24.8 Å². The Bertz CT molecular complexity index is 1510. The molecule has 210 valence electrons. The first-order valence-electron chi connectivity index (χ1n) is 12.0. The van der Waals surface area contributed by atoms with Gasteiger partial charge in [0, 0.05) is 54.9 Å². The molecule has 40 heavy (non-hydrogen) atoms. The number of imidazole rings is 1. The molecule has 14 heteroatoms. The van der Waals surface area contributed by atoms with Gasteiger partial charge in [0.15, 0.2) is 5.82 Å². The highest BCUT2D eigenvalue weighted by Gasteiger charge is 2.23. The van der Waals surface area contributed by atoms with Crippen molar-refractivity contribution in [3.8, 4) is 22.6 Å². The van der Waals surface area contributed by atoms with E-state index in [0.29, 0.717) is 28.1 Å². The lowest BCUT2D eigenvalue weighted by molar-refractivity contribution is 0.0337. The number of methoxy groups -OCH3 is 2. The van der Waals surface area contributed by atoms with Gasteiger partial charge in [0.2, 0.25) is 0 Å². The quantitative estimate of drug-likeness (QED) is 0.290. The van der Waals surface area contributed by atoms with E-state index < -0.39 is 11.9 Å². The van der Waals surface area contributed by atoms with Gasteiger partial charge >= 0.3 is 5.97 Å². The van der Waals surface area contributed by atoms with Crippen LogP contribution in [0.1, 0.15) is 26.7 Å². The number of amides is 1. The number of H-pyrrole nitrogens is 1. The topological polar surface area (TPSA) is 166 Å².